The maximum absolute atomic E-state index is 15.4. The van der Waals surface area contributed by atoms with Gasteiger partial charge < -0.3 is 61.5 Å². The van der Waals surface area contributed by atoms with Crippen molar-refractivity contribution >= 4 is 70.1 Å². The van der Waals surface area contributed by atoms with Gasteiger partial charge in [-0.05, 0) is 54.5 Å². The Morgan fingerprint density at radius 3 is 2.20 bits per heavy atom. The summed E-state index contributed by atoms with van der Waals surface area (Å²) in [6.45, 7) is -2.34. The first kappa shape index (κ1) is 58.2. The summed E-state index contributed by atoms with van der Waals surface area (Å²) in [6.07, 6.45) is -7.03. The molecular formula is C52H52F4N10O15. The molecule has 0 spiro atoms. The highest BCUT2D eigenvalue weighted by Crippen LogP contribution is 2.46. The molecule has 0 radical (unpaired) electrons. The molecule has 0 fully saturated rings. The van der Waals surface area contributed by atoms with Gasteiger partial charge in [0.15, 0.2) is 5.60 Å². The van der Waals surface area contributed by atoms with Crippen LogP contribution in [0.4, 0.5) is 17.6 Å². The second kappa shape index (κ2) is 23.8. The normalized spacial score (nSPS) is 17.9. The highest BCUT2D eigenvalue weighted by atomic mass is 19.4. The highest BCUT2D eigenvalue weighted by Gasteiger charge is 2.49. The number of cyclic esters (lactones) is 1. The van der Waals surface area contributed by atoms with E-state index >= 15 is 4.39 Å². The van der Waals surface area contributed by atoms with Gasteiger partial charge >= 0.3 is 18.1 Å². The molecule has 0 saturated heterocycles. The molecule has 0 bridgehead atoms. The van der Waals surface area contributed by atoms with E-state index in [1.165, 1.54) is 24.5 Å². The van der Waals surface area contributed by atoms with E-state index < -0.39 is 153 Å². The molecule has 5 atom stereocenters. The molecular weight excluding hydrogens is 1080 g/mol. The molecule has 428 valence electrons. The van der Waals surface area contributed by atoms with Gasteiger partial charge in [0.25, 0.3) is 23.3 Å². The summed E-state index contributed by atoms with van der Waals surface area (Å²) in [5.41, 5.74) is -0.720. The molecule has 81 heavy (non-hydrogen) atoms. The molecule has 1 aliphatic carbocycles. The predicted molar refractivity (Wildman–Crippen MR) is 269 cm³/mol. The van der Waals surface area contributed by atoms with Gasteiger partial charge in [-0.3, -0.25) is 52.8 Å². The summed E-state index contributed by atoms with van der Waals surface area (Å²) in [4.78, 5) is 146. The number of aliphatic hydroxyl groups is 1. The van der Waals surface area contributed by atoms with Crippen LogP contribution in [0.25, 0.3) is 22.3 Å². The summed E-state index contributed by atoms with van der Waals surface area (Å²) in [6, 6.07) is 6.52. The number of amides is 8. The molecule has 4 aliphatic rings. The van der Waals surface area contributed by atoms with Gasteiger partial charge in [-0.2, -0.15) is 13.2 Å². The topological polar surface area (TPSA) is 352 Å². The second-order valence-corrected chi connectivity index (χ2v) is 19.2. The molecule has 2 aromatic heterocycles. The van der Waals surface area contributed by atoms with Gasteiger partial charge in [-0.25, -0.2) is 14.2 Å². The number of carboxylic acids is 1. The van der Waals surface area contributed by atoms with Crippen molar-refractivity contribution in [3.63, 3.8) is 0 Å². The van der Waals surface area contributed by atoms with Crippen LogP contribution in [0.1, 0.15) is 64.8 Å². The first-order chi connectivity index (χ1) is 38.4. The zero-order chi connectivity index (χ0) is 58.7. The Balaban J connectivity index is 0.885. The number of alkyl halides is 3. The summed E-state index contributed by atoms with van der Waals surface area (Å²) >= 11 is 0. The predicted octanol–water partition coefficient (Wildman–Crippen LogP) is -1.30. The Hall–Kier alpha value is -8.96. The minimum absolute atomic E-state index is 0.000968. The molecule has 0 unspecified atom stereocenters. The number of ether oxygens (including phenoxy) is 2. The standard InChI is InChI=1S/C52H52F4N10O15/c1-3-51(79)29-14-34-44-27(21-65(34)49(77)28(29)22-80-50(51)78)43-31(10-9-26-24(2)30(53)15-32(63-44)42(26)43)64-48(76)45(52(54,55)56)81-23-61-37(68)18-59-46(74)33(13-25-7-5-4-6-8-25)62-38(69)19-58-36(67)17-60-47(75)35(16-57-20-41(72)73)66-39(70)11-12-40(66)71/h4-8,11-12,14-15,31,33,35,45,57,79H,3,9-10,13,16-23H2,1-2H3,(H,58,67)(H,59,74)(H,60,75)(H,61,68)(H,62,69)(H,64,76)(H,72,73)/t31-,33-,35-,45+,51-/m0/s1. The number of aliphatic carboxylic acids is 1. The number of nitrogens with one attached hydrogen (secondary N) is 7. The van der Waals surface area contributed by atoms with Crippen LogP contribution in [0.3, 0.4) is 0 Å². The van der Waals surface area contributed by atoms with Gasteiger partial charge in [0, 0.05) is 47.7 Å². The van der Waals surface area contributed by atoms with Crippen molar-refractivity contribution in [2.45, 2.75) is 88.7 Å². The zero-order valence-electron chi connectivity index (χ0n) is 43.0. The van der Waals surface area contributed by atoms with E-state index in [4.69, 9.17) is 19.6 Å². The lowest BCUT2D eigenvalue weighted by Crippen LogP contribution is -2.56. The monoisotopic (exact) mass is 1130 g/mol. The fraction of sp³-hybridized carbons (Fsp3) is 0.385. The van der Waals surface area contributed by atoms with Gasteiger partial charge in [-0.1, -0.05) is 37.3 Å². The SMILES string of the molecule is CC[C@@]1(O)C(=O)OCc2c1cc1n(c2=O)Cc2c-1nc1cc(F)c(C)c3c1c2[C@@H](NC(=O)[C@@H](OCNC(=O)CNC(=O)[C@H](Cc1ccccc1)NC(=O)CNC(=O)CNC(=O)[C@H](CNCC(=O)O)N1C(=O)C=CC1=O)C(F)(F)F)CC3. The van der Waals surface area contributed by atoms with E-state index in [1.54, 1.807) is 30.3 Å². The van der Waals surface area contributed by atoms with Crippen LogP contribution in [-0.2, 0) is 89.0 Å². The lowest BCUT2D eigenvalue weighted by molar-refractivity contribution is -0.220. The number of pyridine rings is 2. The van der Waals surface area contributed by atoms with Crippen molar-refractivity contribution in [1.29, 1.82) is 0 Å². The van der Waals surface area contributed by atoms with E-state index in [-0.39, 0.29) is 71.4 Å². The van der Waals surface area contributed by atoms with Gasteiger partial charge in [0.2, 0.25) is 35.6 Å². The average molecular weight is 1130 g/mol. The van der Waals surface area contributed by atoms with E-state index in [2.05, 4.69) is 31.9 Å². The van der Waals surface area contributed by atoms with Crippen molar-refractivity contribution < 1.29 is 85.2 Å². The molecule has 25 nitrogen and oxygen atoms in total. The first-order valence-electron chi connectivity index (χ1n) is 25.1. The molecule has 2 aromatic carbocycles. The summed E-state index contributed by atoms with van der Waals surface area (Å²) in [7, 11) is 0. The number of carbonyl (C=O) groups excluding carboxylic acids is 9. The molecule has 5 heterocycles. The van der Waals surface area contributed by atoms with E-state index in [0.717, 1.165) is 18.2 Å². The van der Waals surface area contributed by atoms with Crippen molar-refractivity contribution in [1.82, 2.24) is 51.7 Å². The quantitative estimate of drug-likeness (QED) is 0.0168. The second-order valence-electron chi connectivity index (χ2n) is 19.2. The van der Waals surface area contributed by atoms with E-state index in [9.17, 15) is 71.0 Å². The largest absolute Gasteiger partial charge is 0.480 e. The van der Waals surface area contributed by atoms with E-state index in [1.807, 2.05) is 5.32 Å². The average Bonchev–Trinajstić information content (AvgIpc) is 2.31. The first-order valence-corrected chi connectivity index (χ1v) is 25.1. The van der Waals surface area contributed by atoms with Crippen LogP contribution in [0, 0.1) is 12.7 Å². The number of aromatic nitrogens is 2. The minimum Gasteiger partial charge on any atom is -0.480 e. The Bertz CT molecular complexity index is 3370. The summed E-state index contributed by atoms with van der Waals surface area (Å²) < 4.78 is 70.8. The van der Waals surface area contributed by atoms with Crippen molar-refractivity contribution in [2.75, 3.05) is 39.5 Å². The fourth-order valence-corrected chi connectivity index (χ4v) is 9.99. The summed E-state index contributed by atoms with van der Waals surface area (Å²) in [5.74, 6) is -11.3. The van der Waals surface area contributed by atoms with Gasteiger partial charge in [-0.15, -0.1) is 0 Å². The number of nitrogens with zero attached hydrogens (tertiary/aromatic N) is 3. The molecule has 3 aliphatic heterocycles. The third-order valence-electron chi connectivity index (χ3n) is 14.0. The van der Waals surface area contributed by atoms with Crippen molar-refractivity contribution in [3.05, 3.63) is 110 Å². The van der Waals surface area contributed by atoms with E-state index in [0.29, 0.717) is 27.0 Å². The summed E-state index contributed by atoms with van der Waals surface area (Å²) in [5, 5.41) is 36.5. The number of aryl methyl sites for hydroxylation is 1. The van der Waals surface area contributed by atoms with Gasteiger partial charge in [0.05, 0.1) is 61.2 Å². The number of hydrogen-bond donors (Lipinski definition) is 9. The molecule has 29 heteroatoms. The number of benzene rings is 2. The molecule has 8 rings (SSSR count). The number of esters is 1. The fourth-order valence-electron chi connectivity index (χ4n) is 9.99. The number of imide groups is 1. The Morgan fingerprint density at radius 1 is 0.864 bits per heavy atom. The van der Waals surface area contributed by atoms with Crippen LogP contribution in [-0.4, -0.2) is 148 Å². The maximum atomic E-state index is 15.4. The zero-order valence-corrected chi connectivity index (χ0v) is 43.0. The number of carboxylic acid groups (broad SMARTS) is 1. The number of carbonyl (C=O) groups is 10. The molecule has 8 amide bonds. The number of rotatable bonds is 22. The Labute approximate surface area is 455 Å². The van der Waals surface area contributed by atoms with Crippen LogP contribution in [0.15, 0.2) is 59.4 Å². The van der Waals surface area contributed by atoms with Crippen LogP contribution in [0.2, 0.25) is 0 Å². The molecule has 9 N–H and O–H groups in total. The third-order valence-corrected chi connectivity index (χ3v) is 14.0. The number of hydrogen-bond acceptors (Lipinski definition) is 16. The Kier molecular flexibility index (Phi) is 17.1. The lowest BCUT2D eigenvalue weighted by Gasteiger charge is -2.31. The van der Waals surface area contributed by atoms with Crippen LogP contribution in [0.5, 0.6) is 0 Å². The third kappa shape index (κ3) is 12.3. The van der Waals surface area contributed by atoms with Crippen molar-refractivity contribution in [2.24, 2.45) is 0 Å². The lowest BCUT2D eigenvalue weighted by atomic mass is 9.81. The maximum Gasteiger partial charge on any atom is 0.423 e. The van der Waals surface area contributed by atoms with Gasteiger partial charge in [0.1, 0.15) is 31.2 Å². The van der Waals surface area contributed by atoms with Crippen molar-refractivity contribution in [3.8, 4) is 11.4 Å². The Morgan fingerprint density at radius 2 is 1.53 bits per heavy atom. The number of fused-ring (bicyclic) bond motifs is 5. The van der Waals surface area contributed by atoms with Crippen LogP contribution < -0.4 is 42.8 Å². The minimum atomic E-state index is -5.36. The highest BCUT2D eigenvalue weighted by molar-refractivity contribution is 6.15. The van der Waals surface area contributed by atoms with Crippen LogP contribution >= 0.6 is 0 Å². The molecule has 0 saturated carbocycles. The smallest absolute Gasteiger partial charge is 0.423 e. The molecule has 4 aromatic rings. The number of halogens is 4.